The first-order valence-electron chi connectivity index (χ1n) is 6.44. The Balaban J connectivity index is 2.49. The average molecular weight is 347 g/mol. The van der Waals surface area contributed by atoms with Crippen molar-refractivity contribution < 1.29 is 0 Å². The van der Waals surface area contributed by atoms with E-state index in [1.54, 1.807) is 0 Å². The highest BCUT2D eigenvalue weighted by atomic mass is 79.9. The molecule has 20 heavy (non-hydrogen) atoms. The summed E-state index contributed by atoms with van der Waals surface area (Å²) in [5.41, 5.74) is 4.22. The van der Waals surface area contributed by atoms with Crippen molar-refractivity contribution in [1.82, 2.24) is 4.57 Å². The summed E-state index contributed by atoms with van der Waals surface area (Å²) in [5.74, 6) is 0. The van der Waals surface area contributed by atoms with Gasteiger partial charge in [0.25, 0.3) is 0 Å². The molecule has 0 saturated carbocycles. The zero-order valence-corrected chi connectivity index (χ0v) is 13.9. The summed E-state index contributed by atoms with van der Waals surface area (Å²) in [5, 5.41) is 8.91. The van der Waals surface area contributed by atoms with Crippen molar-refractivity contribution in [3.8, 4) is 6.07 Å². The molecule has 0 amide bonds. The normalized spacial score (nSPS) is 10.3. The Labute approximate surface area is 133 Å². The van der Waals surface area contributed by atoms with E-state index in [1.165, 1.54) is 5.56 Å². The lowest BCUT2D eigenvalue weighted by molar-refractivity contribution is 0.726. The van der Waals surface area contributed by atoms with Crippen molar-refractivity contribution in [3.05, 3.63) is 57.3 Å². The van der Waals surface area contributed by atoms with Crippen LogP contribution in [0.1, 0.15) is 29.4 Å². The molecule has 0 atom stereocenters. The summed E-state index contributed by atoms with van der Waals surface area (Å²) in [6.07, 6.45) is 0.392. The van der Waals surface area contributed by atoms with Gasteiger partial charge < -0.3 is 4.57 Å². The van der Waals surface area contributed by atoms with Crippen LogP contribution in [0.4, 0.5) is 0 Å². The third kappa shape index (κ3) is 2.84. The second-order valence-electron chi connectivity index (χ2n) is 4.61. The maximum absolute atomic E-state index is 8.91. The monoisotopic (exact) mass is 346 g/mol. The van der Waals surface area contributed by atoms with Crippen molar-refractivity contribution in [2.45, 2.75) is 26.8 Å². The molecule has 0 bridgehead atoms. The largest absolute Gasteiger partial charge is 0.342 e. The van der Waals surface area contributed by atoms with Crippen LogP contribution in [0.25, 0.3) is 0 Å². The van der Waals surface area contributed by atoms with Crippen LogP contribution in [0.3, 0.4) is 0 Å². The molecule has 0 radical (unpaired) electrons. The molecule has 0 N–H and O–H groups in total. The molecule has 0 spiro atoms. The third-order valence-electron chi connectivity index (χ3n) is 3.24. The number of rotatable bonds is 4. The van der Waals surface area contributed by atoms with Gasteiger partial charge in [0.05, 0.1) is 23.0 Å². The topological polar surface area (TPSA) is 28.7 Å². The number of hydrogen-bond donors (Lipinski definition) is 0. The minimum atomic E-state index is 0.392. The van der Waals surface area contributed by atoms with E-state index in [0.717, 1.165) is 32.8 Å². The van der Waals surface area contributed by atoms with Crippen LogP contribution in [0.2, 0.25) is 0 Å². The number of hydrogen-bond acceptors (Lipinski definition) is 2. The van der Waals surface area contributed by atoms with Gasteiger partial charge in [0.15, 0.2) is 0 Å². The first kappa shape index (κ1) is 15.0. The van der Waals surface area contributed by atoms with E-state index in [4.69, 9.17) is 17.5 Å². The standard InChI is InChI=1S/C16H15BrN2S/c1-3-19-13(8-9-18)10-14(17)15(19)16(20)12-6-4-11(2)5-7-12/h4-7,10H,3,8H2,1-2H3. The maximum Gasteiger partial charge on any atom is 0.0755 e. The average Bonchev–Trinajstić information content (AvgIpc) is 2.75. The molecule has 1 aromatic carbocycles. The summed E-state index contributed by atoms with van der Waals surface area (Å²) < 4.78 is 3.06. The molecular formula is C16H15BrN2S. The minimum Gasteiger partial charge on any atom is -0.342 e. The van der Waals surface area contributed by atoms with Gasteiger partial charge in [-0.15, -0.1) is 0 Å². The maximum atomic E-state index is 8.91. The number of benzene rings is 1. The van der Waals surface area contributed by atoms with Crippen LogP contribution in [0, 0.1) is 18.3 Å². The Morgan fingerprint density at radius 3 is 2.55 bits per heavy atom. The van der Waals surface area contributed by atoms with Crippen LogP contribution < -0.4 is 0 Å². The Kier molecular flexibility index (Phi) is 4.74. The number of aryl methyl sites for hydroxylation is 1. The minimum absolute atomic E-state index is 0.392. The number of aromatic nitrogens is 1. The highest BCUT2D eigenvalue weighted by molar-refractivity contribution is 9.10. The van der Waals surface area contributed by atoms with Gasteiger partial charge in [0.2, 0.25) is 0 Å². The van der Waals surface area contributed by atoms with Crippen LogP contribution in [-0.4, -0.2) is 9.43 Å². The molecule has 0 unspecified atom stereocenters. The predicted octanol–water partition coefficient (Wildman–Crippen LogP) is 4.41. The first-order valence-corrected chi connectivity index (χ1v) is 7.64. The highest BCUT2D eigenvalue weighted by Crippen LogP contribution is 2.26. The Bertz CT molecular complexity index is 678. The van der Waals surface area contributed by atoms with Gasteiger partial charge in [-0.05, 0) is 41.4 Å². The van der Waals surface area contributed by atoms with Crippen molar-refractivity contribution in [2.75, 3.05) is 0 Å². The van der Waals surface area contributed by atoms with Gasteiger partial charge in [-0.25, -0.2) is 0 Å². The van der Waals surface area contributed by atoms with Crippen LogP contribution in [0.15, 0.2) is 34.8 Å². The van der Waals surface area contributed by atoms with Gasteiger partial charge >= 0.3 is 0 Å². The van der Waals surface area contributed by atoms with E-state index >= 15 is 0 Å². The van der Waals surface area contributed by atoms with Crippen molar-refractivity contribution >= 4 is 33.0 Å². The summed E-state index contributed by atoms with van der Waals surface area (Å²) in [6, 6.07) is 12.4. The molecule has 1 aromatic heterocycles. The molecule has 2 rings (SSSR count). The van der Waals surface area contributed by atoms with E-state index in [-0.39, 0.29) is 0 Å². The summed E-state index contributed by atoms with van der Waals surface area (Å²) in [7, 11) is 0. The molecule has 0 aliphatic rings. The van der Waals surface area contributed by atoms with Gasteiger partial charge in [0.1, 0.15) is 0 Å². The van der Waals surface area contributed by atoms with E-state index in [2.05, 4.69) is 52.5 Å². The number of nitriles is 1. The fourth-order valence-corrected chi connectivity index (χ4v) is 3.39. The molecule has 4 heteroatoms. The lowest BCUT2D eigenvalue weighted by Crippen LogP contribution is -2.11. The zero-order chi connectivity index (χ0) is 14.7. The highest BCUT2D eigenvalue weighted by Gasteiger charge is 2.17. The zero-order valence-electron chi connectivity index (χ0n) is 11.5. The molecule has 0 fully saturated rings. The smallest absolute Gasteiger partial charge is 0.0755 e. The van der Waals surface area contributed by atoms with Crippen LogP contribution in [-0.2, 0) is 13.0 Å². The molecule has 0 saturated heterocycles. The Morgan fingerprint density at radius 2 is 2.00 bits per heavy atom. The fourth-order valence-electron chi connectivity index (χ4n) is 2.23. The number of nitrogens with zero attached hydrogens (tertiary/aromatic N) is 2. The van der Waals surface area contributed by atoms with Crippen molar-refractivity contribution in [3.63, 3.8) is 0 Å². The molecule has 0 aliphatic carbocycles. The second-order valence-corrected chi connectivity index (χ2v) is 5.87. The van der Waals surface area contributed by atoms with E-state index < -0.39 is 0 Å². The summed E-state index contributed by atoms with van der Waals surface area (Å²) >= 11 is 9.21. The van der Waals surface area contributed by atoms with Gasteiger partial charge in [-0.2, -0.15) is 5.26 Å². The molecular weight excluding hydrogens is 332 g/mol. The second kappa shape index (κ2) is 6.34. The van der Waals surface area contributed by atoms with Crippen molar-refractivity contribution in [1.29, 1.82) is 5.26 Å². The quantitative estimate of drug-likeness (QED) is 0.605. The van der Waals surface area contributed by atoms with Crippen molar-refractivity contribution in [2.24, 2.45) is 0 Å². The van der Waals surface area contributed by atoms with Gasteiger partial charge in [-0.3, -0.25) is 0 Å². The first-order chi connectivity index (χ1) is 9.58. The third-order valence-corrected chi connectivity index (χ3v) is 4.27. The number of halogens is 1. The number of thiocarbonyl (C=S) groups is 1. The Hall–Kier alpha value is -1.44. The molecule has 1 heterocycles. The lowest BCUT2D eigenvalue weighted by atomic mass is 10.1. The predicted molar refractivity (Wildman–Crippen MR) is 89.1 cm³/mol. The Morgan fingerprint density at radius 1 is 1.35 bits per heavy atom. The van der Waals surface area contributed by atoms with Crippen LogP contribution in [0.5, 0.6) is 0 Å². The lowest BCUT2D eigenvalue weighted by Gasteiger charge is -2.11. The van der Waals surface area contributed by atoms with Gasteiger partial charge in [-0.1, -0.05) is 42.0 Å². The summed E-state index contributed by atoms with van der Waals surface area (Å²) in [4.78, 5) is 0.808. The SMILES string of the molecule is CCn1c(CC#N)cc(Br)c1C(=S)c1ccc(C)cc1. The van der Waals surface area contributed by atoms with E-state index in [9.17, 15) is 0 Å². The van der Waals surface area contributed by atoms with Crippen LogP contribution >= 0.6 is 28.1 Å². The molecule has 102 valence electrons. The fraction of sp³-hybridized carbons (Fsp3) is 0.250. The van der Waals surface area contributed by atoms with Gasteiger partial charge in [0, 0.05) is 16.7 Å². The summed E-state index contributed by atoms with van der Waals surface area (Å²) in [6.45, 7) is 4.92. The van der Waals surface area contributed by atoms with E-state index in [1.807, 2.05) is 18.2 Å². The molecule has 2 nitrogen and oxygen atoms in total. The molecule has 2 aromatic rings. The molecule has 0 aliphatic heterocycles. The van der Waals surface area contributed by atoms with E-state index in [0.29, 0.717) is 6.42 Å².